The van der Waals surface area contributed by atoms with Crippen molar-refractivity contribution in [1.29, 1.82) is 5.26 Å². The fourth-order valence-electron chi connectivity index (χ4n) is 2.06. The third-order valence-corrected chi connectivity index (χ3v) is 2.82. The number of nitriles is 1. The van der Waals surface area contributed by atoms with Crippen molar-refractivity contribution in [3.63, 3.8) is 0 Å². The van der Waals surface area contributed by atoms with Crippen LogP contribution in [0.2, 0.25) is 0 Å². The summed E-state index contributed by atoms with van der Waals surface area (Å²) in [5, 5.41) is 18.9. The molecule has 0 aromatic heterocycles. The monoisotopic (exact) mass is 182 g/mol. The predicted octanol–water partition coefficient (Wildman–Crippen LogP) is 0.993. The van der Waals surface area contributed by atoms with Gasteiger partial charge in [0.15, 0.2) is 5.60 Å². The van der Waals surface area contributed by atoms with Gasteiger partial charge in [-0.2, -0.15) is 5.26 Å². The zero-order valence-electron chi connectivity index (χ0n) is 8.45. The van der Waals surface area contributed by atoms with Gasteiger partial charge in [-0.3, -0.25) is 0 Å². The average molecular weight is 182 g/mol. The topological polar surface area (TPSA) is 47.3 Å². The van der Waals surface area contributed by atoms with E-state index in [1.165, 1.54) is 0 Å². The van der Waals surface area contributed by atoms with Gasteiger partial charge in [-0.05, 0) is 33.4 Å². The molecule has 0 spiro atoms. The van der Waals surface area contributed by atoms with Gasteiger partial charge in [0.25, 0.3) is 0 Å². The van der Waals surface area contributed by atoms with Gasteiger partial charge in [0.05, 0.1) is 6.07 Å². The molecule has 3 nitrogen and oxygen atoms in total. The average Bonchev–Trinajstić information content (AvgIpc) is 2.09. The number of hydrogen-bond acceptors (Lipinski definition) is 3. The van der Waals surface area contributed by atoms with Crippen molar-refractivity contribution in [3.8, 4) is 6.07 Å². The van der Waals surface area contributed by atoms with Gasteiger partial charge in [0.2, 0.25) is 0 Å². The molecule has 0 aliphatic heterocycles. The Hall–Kier alpha value is -0.590. The molecule has 0 amide bonds. The summed E-state index contributed by atoms with van der Waals surface area (Å²) in [5.41, 5.74) is -1.07. The van der Waals surface area contributed by atoms with E-state index in [-0.39, 0.29) is 5.92 Å². The summed E-state index contributed by atoms with van der Waals surface area (Å²) in [6.45, 7) is 0.810. The molecular formula is C10H18N2O. The van der Waals surface area contributed by atoms with Crippen molar-refractivity contribution >= 4 is 0 Å². The molecule has 0 radical (unpaired) electrons. The van der Waals surface area contributed by atoms with E-state index in [1.54, 1.807) is 0 Å². The van der Waals surface area contributed by atoms with Crippen molar-refractivity contribution in [2.45, 2.75) is 31.3 Å². The molecule has 0 heterocycles. The van der Waals surface area contributed by atoms with E-state index in [9.17, 15) is 5.11 Å². The molecule has 3 heteroatoms. The van der Waals surface area contributed by atoms with E-state index in [4.69, 9.17) is 5.26 Å². The van der Waals surface area contributed by atoms with Gasteiger partial charge >= 0.3 is 0 Å². The third-order valence-electron chi connectivity index (χ3n) is 2.82. The molecule has 1 fully saturated rings. The van der Waals surface area contributed by atoms with Crippen LogP contribution in [0.4, 0.5) is 0 Å². The minimum absolute atomic E-state index is 0.126. The number of nitrogens with zero attached hydrogens (tertiary/aromatic N) is 2. The van der Waals surface area contributed by atoms with E-state index < -0.39 is 5.60 Å². The predicted molar refractivity (Wildman–Crippen MR) is 51.1 cm³/mol. The lowest BCUT2D eigenvalue weighted by Gasteiger charge is -2.35. The molecule has 13 heavy (non-hydrogen) atoms. The molecular weight excluding hydrogens is 164 g/mol. The van der Waals surface area contributed by atoms with Crippen molar-refractivity contribution < 1.29 is 5.11 Å². The summed E-state index contributed by atoms with van der Waals surface area (Å²) in [6.07, 6.45) is 3.74. The summed E-state index contributed by atoms with van der Waals surface area (Å²) in [5.74, 6) is 0.126. The summed E-state index contributed by atoms with van der Waals surface area (Å²) in [7, 11) is 3.96. The van der Waals surface area contributed by atoms with Crippen LogP contribution in [-0.4, -0.2) is 36.2 Å². The lowest BCUT2D eigenvalue weighted by Crippen LogP contribution is -2.44. The maximum Gasteiger partial charge on any atom is 0.155 e. The fourth-order valence-corrected chi connectivity index (χ4v) is 2.06. The van der Waals surface area contributed by atoms with Gasteiger partial charge in [0, 0.05) is 12.5 Å². The first kappa shape index (κ1) is 10.5. The molecule has 1 rings (SSSR count). The molecule has 1 N–H and O–H groups in total. The Kier molecular flexibility index (Phi) is 3.29. The standard InChI is InChI=1S/C10H18N2O/c1-12(2)7-9-5-3-4-6-10(9,13)8-11/h9,13H,3-7H2,1-2H3. The van der Waals surface area contributed by atoms with Crippen LogP contribution in [0.5, 0.6) is 0 Å². The second-order valence-electron chi connectivity index (χ2n) is 4.24. The SMILES string of the molecule is CN(C)CC1CCCCC1(O)C#N. The Morgan fingerprint density at radius 2 is 2.23 bits per heavy atom. The molecule has 74 valence electrons. The Labute approximate surface area is 80.0 Å². The van der Waals surface area contributed by atoms with E-state index >= 15 is 0 Å². The van der Waals surface area contributed by atoms with Crippen LogP contribution >= 0.6 is 0 Å². The molecule has 0 aromatic rings. The van der Waals surface area contributed by atoms with E-state index in [1.807, 2.05) is 19.0 Å². The van der Waals surface area contributed by atoms with Crippen molar-refractivity contribution in [1.82, 2.24) is 4.90 Å². The first-order valence-corrected chi connectivity index (χ1v) is 4.87. The second-order valence-corrected chi connectivity index (χ2v) is 4.24. The van der Waals surface area contributed by atoms with Crippen LogP contribution in [0.15, 0.2) is 0 Å². The largest absolute Gasteiger partial charge is 0.375 e. The van der Waals surface area contributed by atoms with Crippen molar-refractivity contribution in [2.75, 3.05) is 20.6 Å². The number of rotatable bonds is 2. The van der Waals surface area contributed by atoms with Crippen LogP contribution in [0.3, 0.4) is 0 Å². The van der Waals surface area contributed by atoms with E-state index in [0.717, 1.165) is 25.8 Å². The van der Waals surface area contributed by atoms with Crippen molar-refractivity contribution in [3.05, 3.63) is 0 Å². The van der Waals surface area contributed by atoms with Gasteiger partial charge < -0.3 is 10.0 Å². The zero-order chi connectivity index (χ0) is 9.90. The highest BCUT2D eigenvalue weighted by Gasteiger charge is 2.38. The van der Waals surface area contributed by atoms with Gasteiger partial charge in [-0.15, -0.1) is 0 Å². The maximum atomic E-state index is 10.0. The van der Waals surface area contributed by atoms with Crippen LogP contribution < -0.4 is 0 Å². The molecule has 0 aromatic carbocycles. The first-order chi connectivity index (χ1) is 6.08. The Balaban J connectivity index is 2.63. The lowest BCUT2D eigenvalue weighted by atomic mass is 9.76. The maximum absolute atomic E-state index is 10.0. The van der Waals surface area contributed by atoms with Crippen LogP contribution in [0, 0.1) is 17.2 Å². The van der Waals surface area contributed by atoms with Gasteiger partial charge in [-0.25, -0.2) is 0 Å². The minimum atomic E-state index is -1.07. The Bertz CT molecular complexity index is 209. The highest BCUT2D eigenvalue weighted by atomic mass is 16.3. The minimum Gasteiger partial charge on any atom is -0.375 e. The second kappa shape index (κ2) is 4.08. The van der Waals surface area contributed by atoms with Crippen LogP contribution in [0.25, 0.3) is 0 Å². The third kappa shape index (κ3) is 2.43. The quantitative estimate of drug-likeness (QED) is 0.648. The number of hydrogen-bond donors (Lipinski definition) is 1. The first-order valence-electron chi connectivity index (χ1n) is 4.87. The Morgan fingerprint density at radius 1 is 1.54 bits per heavy atom. The molecule has 2 atom stereocenters. The highest BCUT2D eigenvalue weighted by molar-refractivity contribution is 5.06. The zero-order valence-corrected chi connectivity index (χ0v) is 8.45. The lowest BCUT2D eigenvalue weighted by molar-refractivity contribution is -0.00760. The molecule has 0 saturated heterocycles. The summed E-state index contributed by atoms with van der Waals surface area (Å²) in [6, 6.07) is 2.06. The molecule has 1 aliphatic rings. The molecule has 1 saturated carbocycles. The van der Waals surface area contributed by atoms with E-state index in [0.29, 0.717) is 6.42 Å². The number of aliphatic hydroxyl groups is 1. The summed E-state index contributed by atoms with van der Waals surface area (Å²) < 4.78 is 0. The molecule has 2 unspecified atom stereocenters. The molecule has 1 aliphatic carbocycles. The normalized spacial score (nSPS) is 34.5. The smallest absolute Gasteiger partial charge is 0.155 e. The molecule has 0 bridgehead atoms. The summed E-state index contributed by atoms with van der Waals surface area (Å²) >= 11 is 0. The fraction of sp³-hybridized carbons (Fsp3) is 0.900. The highest BCUT2D eigenvalue weighted by Crippen LogP contribution is 2.33. The van der Waals surface area contributed by atoms with Gasteiger partial charge in [-0.1, -0.05) is 6.42 Å². The summed E-state index contributed by atoms with van der Waals surface area (Å²) in [4.78, 5) is 2.04. The van der Waals surface area contributed by atoms with Crippen LogP contribution in [0.1, 0.15) is 25.7 Å². The van der Waals surface area contributed by atoms with Crippen molar-refractivity contribution in [2.24, 2.45) is 5.92 Å². The Morgan fingerprint density at radius 3 is 2.77 bits per heavy atom. The van der Waals surface area contributed by atoms with Crippen LogP contribution in [-0.2, 0) is 0 Å². The van der Waals surface area contributed by atoms with Gasteiger partial charge in [0.1, 0.15) is 0 Å². The van der Waals surface area contributed by atoms with E-state index in [2.05, 4.69) is 6.07 Å².